The lowest BCUT2D eigenvalue weighted by molar-refractivity contribution is -0.113. The van der Waals surface area contributed by atoms with E-state index in [1.54, 1.807) is 11.3 Å². The molecule has 4 nitrogen and oxygen atoms in total. The number of benzene rings is 1. The zero-order valence-electron chi connectivity index (χ0n) is 17.0. The molecule has 2 heterocycles. The van der Waals surface area contributed by atoms with E-state index in [1.807, 2.05) is 18.2 Å². The molecule has 152 valence electrons. The third kappa shape index (κ3) is 4.81. The predicted octanol–water partition coefficient (Wildman–Crippen LogP) is 5.99. The summed E-state index contributed by atoms with van der Waals surface area (Å²) in [7, 11) is 0. The number of thioether (sulfide) groups is 1. The van der Waals surface area contributed by atoms with Crippen LogP contribution in [0.1, 0.15) is 54.5 Å². The van der Waals surface area contributed by atoms with Gasteiger partial charge in [0.05, 0.1) is 10.6 Å². The van der Waals surface area contributed by atoms with Gasteiger partial charge in [0.25, 0.3) is 0 Å². The van der Waals surface area contributed by atoms with Crippen molar-refractivity contribution in [1.82, 2.24) is 0 Å². The summed E-state index contributed by atoms with van der Waals surface area (Å²) in [4.78, 5) is 23.9. The van der Waals surface area contributed by atoms with Crippen LogP contribution in [-0.4, -0.2) is 28.1 Å². The lowest BCUT2D eigenvalue weighted by Gasteiger charge is -2.20. The fourth-order valence-electron chi connectivity index (χ4n) is 3.87. The van der Waals surface area contributed by atoms with Crippen LogP contribution in [0.15, 0.2) is 45.7 Å². The zero-order valence-corrected chi connectivity index (χ0v) is 18.7. The number of rotatable bonds is 4. The monoisotopic (exact) mass is 425 g/mol. The van der Waals surface area contributed by atoms with E-state index >= 15 is 0 Å². The minimum atomic E-state index is -0.303. The first-order valence-electron chi connectivity index (χ1n) is 10.3. The van der Waals surface area contributed by atoms with Gasteiger partial charge in [0.15, 0.2) is 5.66 Å². The van der Waals surface area contributed by atoms with Crippen LogP contribution in [0.5, 0.6) is 0 Å². The lowest BCUT2D eigenvalue weighted by Crippen LogP contribution is -2.20. The Balaban J connectivity index is 1.47. The topological polar surface area (TPSA) is 53.8 Å². The number of nitrogens with one attached hydrogen (secondary N) is 1. The van der Waals surface area contributed by atoms with Crippen molar-refractivity contribution in [2.75, 3.05) is 11.1 Å². The molecule has 1 saturated carbocycles. The minimum absolute atomic E-state index is 0.00620. The maximum absolute atomic E-state index is 12.6. The SMILES string of the molecule is Cc1ccc(NC(=O)CSC2=NC3(CCCCCC3)N=C2c2cccs2)cc1C. The van der Waals surface area contributed by atoms with Gasteiger partial charge in [0.1, 0.15) is 10.8 Å². The minimum Gasteiger partial charge on any atom is -0.325 e. The molecule has 0 bridgehead atoms. The summed E-state index contributed by atoms with van der Waals surface area (Å²) >= 11 is 3.20. The maximum Gasteiger partial charge on any atom is 0.234 e. The molecule has 1 N–H and O–H groups in total. The van der Waals surface area contributed by atoms with Crippen LogP contribution >= 0.6 is 23.1 Å². The van der Waals surface area contributed by atoms with Crippen LogP contribution in [0.25, 0.3) is 0 Å². The van der Waals surface area contributed by atoms with E-state index in [9.17, 15) is 4.79 Å². The fourth-order valence-corrected chi connectivity index (χ4v) is 5.51. The second-order valence-electron chi connectivity index (χ2n) is 7.89. The van der Waals surface area contributed by atoms with Crippen molar-refractivity contribution in [1.29, 1.82) is 0 Å². The molecule has 2 aromatic rings. The Bertz CT molecular complexity index is 939. The molecule has 1 aromatic heterocycles. The van der Waals surface area contributed by atoms with Crippen LogP contribution < -0.4 is 5.32 Å². The largest absolute Gasteiger partial charge is 0.325 e. The first-order valence-corrected chi connectivity index (χ1v) is 12.2. The van der Waals surface area contributed by atoms with Crippen molar-refractivity contribution in [2.45, 2.75) is 58.0 Å². The van der Waals surface area contributed by atoms with Gasteiger partial charge in [-0.25, -0.2) is 4.99 Å². The first kappa shape index (κ1) is 20.4. The van der Waals surface area contributed by atoms with Crippen LogP contribution in [0.3, 0.4) is 0 Å². The van der Waals surface area contributed by atoms with Gasteiger partial charge in [-0.15, -0.1) is 11.3 Å². The number of carbonyl (C=O) groups excluding carboxylic acids is 1. The Morgan fingerprint density at radius 2 is 1.90 bits per heavy atom. The van der Waals surface area contributed by atoms with Crippen molar-refractivity contribution < 1.29 is 4.79 Å². The van der Waals surface area contributed by atoms with Gasteiger partial charge in [-0.05, 0) is 74.2 Å². The number of aliphatic imine (C=N–C) groups is 2. The molecular weight excluding hydrogens is 398 g/mol. The average molecular weight is 426 g/mol. The molecule has 0 radical (unpaired) electrons. The van der Waals surface area contributed by atoms with E-state index in [4.69, 9.17) is 9.98 Å². The second-order valence-corrected chi connectivity index (χ2v) is 9.80. The highest BCUT2D eigenvalue weighted by Crippen LogP contribution is 2.38. The van der Waals surface area contributed by atoms with Gasteiger partial charge in [-0.2, -0.15) is 0 Å². The van der Waals surface area contributed by atoms with Crippen LogP contribution in [-0.2, 0) is 4.79 Å². The van der Waals surface area contributed by atoms with E-state index in [0.29, 0.717) is 5.75 Å². The number of hydrogen-bond acceptors (Lipinski definition) is 5. The van der Waals surface area contributed by atoms with Crippen LogP contribution in [0, 0.1) is 13.8 Å². The molecule has 4 rings (SSSR count). The van der Waals surface area contributed by atoms with Crippen molar-refractivity contribution in [3.63, 3.8) is 0 Å². The predicted molar refractivity (Wildman–Crippen MR) is 126 cm³/mol. The molecular formula is C23H27N3OS2. The highest BCUT2D eigenvalue weighted by atomic mass is 32.2. The summed E-state index contributed by atoms with van der Waals surface area (Å²) in [6, 6.07) is 10.2. The van der Waals surface area contributed by atoms with Gasteiger partial charge in [-0.3, -0.25) is 9.79 Å². The summed E-state index contributed by atoms with van der Waals surface area (Å²) in [6.45, 7) is 4.13. The Morgan fingerprint density at radius 1 is 1.10 bits per heavy atom. The van der Waals surface area contributed by atoms with E-state index in [0.717, 1.165) is 34.2 Å². The molecule has 0 saturated heterocycles. The first-order chi connectivity index (χ1) is 14.0. The van der Waals surface area contributed by atoms with Crippen molar-refractivity contribution in [2.24, 2.45) is 9.98 Å². The molecule has 1 spiro atoms. The van der Waals surface area contributed by atoms with E-state index in [2.05, 4.69) is 36.7 Å². The molecule has 1 aromatic carbocycles. The number of hydrogen-bond donors (Lipinski definition) is 1. The molecule has 0 unspecified atom stereocenters. The number of thiophene rings is 1. The Morgan fingerprint density at radius 3 is 2.59 bits per heavy atom. The third-order valence-electron chi connectivity index (χ3n) is 5.62. The van der Waals surface area contributed by atoms with Crippen LogP contribution in [0.4, 0.5) is 5.69 Å². The summed E-state index contributed by atoms with van der Waals surface area (Å²) < 4.78 is 0. The molecule has 2 aliphatic rings. The zero-order chi connectivity index (χ0) is 20.3. The quantitative estimate of drug-likeness (QED) is 0.654. The molecule has 1 aliphatic heterocycles. The number of amides is 1. The molecule has 1 fully saturated rings. The Labute approximate surface area is 180 Å². The van der Waals surface area contributed by atoms with E-state index in [1.165, 1.54) is 48.6 Å². The maximum atomic E-state index is 12.6. The molecule has 1 amide bonds. The summed E-state index contributed by atoms with van der Waals surface area (Å²) in [5, 5.41) is 6.01. The smallest absolute Gasteiger partial charge is 0.234 e. The highest BCUT2D eigenvalue weighted by molar-refractivity contribution is 8.16. The number of anilines is 1. The van der Waals surface area contributed by atoms with Gasteiger partial charge in [0.2, 0.25) is 5.91 Å². The van der Waals surface area contributed by atoms with Crippen LogP contribution in [0.2, 0.25) is 0 Å². The Kier molecular flexibility index (Phi) is 6.20. The molecule has 0 atom stereocenters. The fraction of sp³-hybridized carbons (Fsp3) is 0.435. The van der Waals surface area contributed by atoms with Crippen molar-refractivity contribution in [3.05, 3.63) is 51.7 Å². The van der Waals surface area contributed by atoms with Gasteiger partial charge >= 0.3 is 0 Å². The van der Waals surface area contributed by atoms with Gasteiger partial charge in [0, 0.05) is 5.69 Å². The second kappa shape index (κ2) is 8.84. The molecule has 6 heteroatoms. The summed E-state index contributed by atoms with van der Waals surface area (Å²) in [6.07, 6.45) is 6.91. The average Bonchev–Trinajstić information content (AvgIpc) is 3.28. The number of nitrogens with zero attached hydrogens (tertiary/aromatic N) is 2. The standard InChI is InChI=1S/C23H27N3OS2/c1-16-9-10-18(14-17(16)2)24-20(27)15-29-22-21(19-8-7-13-28-19)25-23(26-22)11-5-3-4-6-12-23/h7-10,13-14H,3-6,11-12,15H2,1-2H3,(H,24,27). The van der Waals surface area contributed by atoms with Gasteiger partial charge < -0.3 is 5.32 Å². The van der Waals surface area contributed by atoms with E-state index in [-0.39, 0.29) is 11.6 Å². The Hall–Kier alpha value is -1.92. The molecule has 29 heavy (non-hydrogen) atoms. The summed E-state index contributed by atoms with van der Waals surface area (Å²) in [5.74, 6) is 0.333. The summed E-state index contributed by atoms with van der Waals surface area (Å²) in [5.41, 5.74) is 3.93. The third-order valence-corrected chi connectivity index (χ3v) is 7.46. The van der Waals surface area contributed by atoms with Crippen molar-refractivity contribution >= 4 is 45.4 Å². The lowest BCUT2D eigenvalue weighted by atomic mass is 10.0. The van der Waals surface area contributed by atoms with Gasteiger partial charge in [-0.1, -0.05) is 36.7 Å². The highest BCUT2D eigenvalue weighted by Gasteiger charge is 2.37. The van der Waals surface area contributed by atoms with Crippen molar-refractivity contribution in [3.8, 4) is 0 Å². The molecule has 1 aliphatic carbocycles. The number of carbonyl (C=O) groups is 1. The van der Waals surface area contributed by atoms with E-state index < -0.39 is 0 Å². The normalized spacial score (nSPS) is 18.3. The number of aryl methyl sites for hydroxylation is 2.